The van der Waals surface area contributed by atoms with E-state index in [0.717, 1.165) is 0 Å². The zero-order chi connectivity index (χ0) is 14.7. The summed E-state index contributed by atoms with van der Waals surface area (Å²) >= 11 is 0. The average molecular weight is 277 g/mol. The van der Waals surface area contributed by atoms with Crippen LogP contribution in [0.1, 0.15) is 10.4 Å². The van der Waals surface area contributed by atoms with E-state index in [1.807, 2.05) is 0 Å². The molecule has 0 aliphatic heterocycles. The number of ether oxygens (including phenoxy) is 2. The molecule has 0 unspecified atom stereocenters. The fraction of sp³-hybridized carbons (Fsp3) is 0.143. The molecule has 20 heavy (non-hydrogen) atoms. The van der Waals surface area contributed by atoms with Crippen LogP contribution in [0, 0.1) is 5.82 Å². The van der Waals surface area contributed by atoms with Crippen LogP contribution in [-0.2, 0) is 0 Å². The Morgan fingerprint density at radius 1 is 1.25 bits per heavy atom. The first-order valence-corrected chi connectivity index (χ1v) is 5.68. The first-order chi connectivity index (χ1) is 9.56. The van der Waals surface area contributed by atoms with E-state index in [2.05, 4.69) is 4.98 Å². The molecule has 2 rings (SSSR count). The minimum atomic E-state index is -1.19. The van der Waals surface area contributed by atoms with Crippen LogP contribution < -0.4 is 9.47 Å². The van der Waals surface area contributed by atoms with Crippen molar-refractivity contribution in [1.29, 1.82) is 0 Å². The SMILES string of the molecule is COc1ccc(F)c(-c2cnc(OC)c(C(=O)O)c2)c1. The lowest BCUT2D eigenvalue weighted by Crippen LogP contribution is -2.03. The minimum Gasteiger partial charge on any atom is -0.497 e. The molecule has 1 heterocycles. The van der Waals surface area contributed by atoms with Crippen LogP contribution in [0.5, 0.6) is 11.6 Å². The van der Waals surface area contributed by atoms with Crippen LogP contribution in [0.25, 0.3) is 11.1 Å². The van der Waals surface area contributed by atoms with Gasteiger partial charge in [0, 0.05) is 17.3 Å². The zero-order valence-corrected chi connectivity index (χ0v) is 10.9. The maximum absolute atomic E-state index is 13.8. The molecule has 0 atom stereocenters. The number of methoxy groups -OCH3 is 2. The molecule has 5 nitrogen and oxygen atoms in total. The number of pyridine rings is 1. The number of carbonyl (C=O) groups is 1. The molecule has 0 radical (unpaired) electrons. The lowest BCUT2D eigenvalue weighted by Gasteiger charge is -2.09. The van der Waals surface area contributed by atoms with E-state index in [4.69, 9.17) is 14.6 Å². The highest BCUT2D eigenvalue weighted by Gasteiger charge is 2.16. The number of hydrogen-bond acceptors (Lipinski definition) is 4. The Morgan fingerprint density at radius 3 is 2.60 bits per heavy atom. The highest BCUT2D eigenvalue weighted by atomic mass is 19.1. The fourth-order valence-electron chi connectivity index (χ4n) is 1.77. The third-order valence-corrected chi connectivity index (χ3v) is 2.76. The molecule has 0 spiro atoms. The molecule has 1 aromatic heterocycles. The van der Waals surface area contributed by atoms with Gasteiger partial charge < -0.3 is 14.6 Å². The van der Waals surface area contributed by atoms with Crippen molar-refractivity contribution >= 4 is 5.97 Å². The van der Waals surface area contributed by atoms with Crippen LogP contribution in [0.2, 0.25) is 0 Å². The quantitative estimate of drug-likeness (QED) is 0.930. The molecule has 0 fully saturated rings. The summed E-state index contributed by atoms with van der Waals surface area (Å²) in [7, 11) is 2.78. The van der Waals surface area contributed by atoms with Crippen molar-refractivity contribution in [2.24, 2.45) is 0 Å². The molecule has 0 aliphatic carbocycles. The summed E-state index contributed by atoms with van der Waals surface area (Å²) in [5.74, 6) is -1.24. The van der Waals surface area contributed by atoms with Crippen LogP contribution in [0.3, 0.4) is 0 Å². The van der Waals surface area contributed by atoms with E-state index >= 15 is 0 Å². The largest absolute Gasteiger partial charge is 0.497 e. The van der Waals surface area contributed by atoms with Crippen molar-refractivity contribution in [3.63, 3.8) is 0 Å². The number of benzene rings is 1. The third kappa shape index (κ3) is 2.54. The van der Waals surface area contributed by atoms with Crippen LogP contribution in [0.4, 0.5) is 4.39 Å². The van der Waals surface area contributed by atoms with Crippen molar-refractivity contribution in [2.45, 2.75) is 0 Å². The van der Waals surface area contributed by atoms with Gasteiger partial charge in [-0.1, -0.05) is 0 Å². The Balaban J connectivity index is 2.58. The highest BCUT2D eigenvalue weighted by Crippen LogP contribution is 2.29. The van der Waals surface area contributed by atoms with Crippen molar-refractivity contribution in [3.8, 4) is 22.8 Å². The number of rotatable bonds is 4. The highest BCUT2D eigenvalue weighted by molar-refractivity contribution is 5.91. The van der Waals surface area contributed by atoms with E-state index in [1.165, 1.54) is 44.7 Å². The minimum absolute atomic E-state index is 0.0236. The van der Waals surface area contributed by atoms with Gasteiger partial charge in [0.15, 0.2) is 0 Å². The molecule has 2 aromatic rings. The summed E-state index contributed by atoms with van der Waals surface area (Å²) in [6.07, 6.45) is 1.35. The second-order valence-electron chi connectivity index (χ2n) is 3.93. The topological polar surface area (TPSA) is 68.7 Å². The summed E-state index contributed by atoms with van der Waals surface area (Å²) < 4.78 is 23.7. The Bertz CT molecular complexity index is 658. The van der Waals surface area contributed by atoms with Gasteiger partial charge in [-0.15, -0.1) is 0 Å². The first kappa shape index (κ1) is 13.8. The van der Waals surface area contributed by atoms with Crippen molar-refractivity contribution in [1.82, 2.24) is 4.98 Å². The van der Waals surface area contributed by atoms with Crippen molar-refractivity contribution in [2.75, 3.05) is 14.2 Å². The summed E-state index contributed by atoms with van der Waals surface area (Å²) in [5, 5.41) is 9.10. The summed E-state index contributed by atoms with van der Waals surface area (Å²) in [4.78, 5) is 15.0. The molecule has 1 aromatic carbocycles. The van der Waals surface area contributed by atoms with Gasteiger partial charge >= 0.3 is 5.97 Å². The normalized spacial score (nSPS) is 10.2. The van der Waals surface area contributed by atoms with E-state index in [9.17, 15) is 9.18 Å². The van der Waals surface area contributed by atoms with Crippen LogP contribution in [0.15, 0.2) is 30.5 Å². The number of halogens is 1. The summed E-state index contributed by atoms with van der Waals surface area (Å²) in [6.45, 7) is 0. The Hall–Kier alpha value is -2.63. The second-order valence-corrected chi connectivity index (χ2v) is 3.93. The molecule has 0 bridgehead atoms. The molecule has 0 aliphatic rings. The maximum atomic E-state index is 13.8. The predicted octanol–water partition coefficient (Wildman–Crippen LogP) is 2.60. The molecule has 0 amide bonds. The number of carboxylic acid groups (broad SMARTS) is 1. The molecule has 1 N–H and O–H groups in total. The van der Waals surface area contributed by atoms with E-state index in [-0.39, 0.29) is 17.0 Å². The molecule has 104 valence electrons. The smallest absolute Gasteiger partial charge is 0.341 e. The molecular weight excluding hydrogens is 265 g/mol. The average Bonchev–Trinajstić information content (AvgIpc) is 2.47. The number of aromatic nitrogens is 1. The van der Waals surface area contributed by atoms with Gasteiger partial charge in [-0.25, -0.2) is 14.2 Å². The van der Waals surface area contributed by atoms with E-state index in [1.54, 1.807) is 0 Å². The zero-order valence-electron chi connectivity index (χ0n) is 10.9. The monoisotopic (exact) mass is 277 g/mol. The maximum Gasteiger partial charge on any atom is 0.341 e. The summed E-state index contributed by atoms with van der Waals surface area (Å²) in [5.41, 5.74) is 0.411. The fourth-order valence-corrected chi connectivity index (χ4v) is 1.77. The Morgan fingerprint density at radius 2 is 2.00 bits per heavy atom. The van der Waals surface area contributed by atoms with Gasteiger partial charge in [0.25, 0.3) is 0 Å². The van der Waals surface area contributed by atoms with E-state index in [0.29, 0.717) is 11.3 Å². The number of nitrogens with zero attached hydrogens (tertiary/aromatic N) is 1. The number of hydrogen-bond donors (Lipinski definition) is 1. The lowest BCUT2D eigenvalue weighted by molar-refractivity contribution is 0.0692. The third-order valence-electron chi connectivity index (χ3n) is 2.76. The molecular formula is C14H12FNO4. The van der Waals surface area contributed by atoms with Crippen LogP contribution >= 0.6 is 0 Å². The number of carboxylic acids is 1. The van der Waals surface area contributed by atoms with Crippen molar-refractivity contribution < 1.29 is 23.8 Å². The second kappa shape index (κ2) is 5.56. The molecule has 0 saturated carbocycles. The van der Waals surface area contributed by atoms with Gasteiger partial charge in [0.2, 0.25) is 5.88 Å². The number of aromatic carboxylic acids is 1. The van der Waals surface area contributed by atoms with E-state index < -0.39 is 11.8 Å². The standard InChI is InChI=1S/C14H12FNO4/c1-19-9-3-4-12(15)10(6-9)8-5-11(14(17)18)13(20-2)16-7-8/h3-7H,1-2H3,(H,17,18). The predicted molar refractivity (Wildman–Crippen MR) is 69.7 cm³/mol. The molecule has 0 saturated heterocycles. The van der Waals surface area contributed by atoms with Crippen molar-refractivity contribution in [3.05, 3.63) is 41.8 Å². The Labute approximate surface area is 114 Å². The molecule has 6 heteroatoms. The van der Waals surface area contributed by atoms with Gasteiger partial charge in [0.05, 0.1) is 14.2 Å². The first-order valence-electron chi connectivity index (χ1n) is 5.68. The van der Waals surface area contributed by atoms with Gasteiger partial charge in [-0.05, 0) is 24.3 Å². The van der Waals surface area contributed by atoms with Gasteiger partial charge in [0.1, 0.15) is 17.1 Å². The Kier molecular flexibility index (Phi) is 3.84. The van der Waals surface area contributed by atoms with Crippen LogP contribution in [-0.4, -0.2) is 30.3 Å². The van der Waals surface area contributed by atoms with Gasteiger partial charge in [-0.3, -0.25) is 0 Å². The summed E-state index contributed by atoms with van der Waals surface area (Å²) in [6, 6.07) is 5.52. The lowest BCUT2D eigenvalue weighted by atomic mass is 10.0. The van der Waals surface area contributed by atoms with Gasteiger partial charge in [-0.2, -0.15) is 0 Å².